The van der Waals surface area contributed by atoms with Crippen molar-refractivity contribution in [3.05, 3.63) is 66.1 Å². The van der Waals surface area contributed by atoms with Crippen molar-refractivity contribution >= 4 is 32.4 Å². The van der Waals surface area contributed by atoms with Crippen molar-refractivity contribution in [2.75, 3.05) is 10.5 Å². The van der Waals surface area contributed by atoms with Crippen LogP contribution in [-0.2, 0) is 10.0 Å². The van der Waals surface area contributed by atoms with E-state index in [9.17, 15) is 21.6 Å². The van der Waals surface area contributed by atoms with Gasteiger partial charge in [0.1, 0.15) is 29.2 Å². The number of ether oxygens (including phenoxy) is 1. The predicted octanol–water partition coefficient (Wildman–Crippen LogP) is 5.50. The van der Waals surface area contributed by atoms with Crippen LogP contribution in [0.4, 0.5) is 24.7 Å². The van der Waals surface area contributed by atoms with Crippen molar-refractivity contribution in [1.29, 1.82) is 0 Å². The van der Waals surface area contributed by atoms with Crippen LogP contribution in [-0.4, -0.2) is 28.9 Å². The minimum Gasteiger partial charge on any atom is -0.484 e. The Morgan fingerprint density at radius 3 is 2.39 bits per heavy atom. The number of hydrogen-bond acceptors (Lipinski definition) is 6. The molecule has 3 N–H and O–H groups in total. The van der Waals surface area contributed by atoms with Gasteiger partial charge in [0.05, 0.1) is 16.6 Å². The number of nitrogens with one attached hydrogen (secondary N) is 1. The van der Waals surface area contributed by atoms with Crippen LogP contribution in [0.25, 0.3) is 22.2 Å². The van der Waals surface area contributed by atoms with E-state index in [-0.39, 0.29) is 23.3 Å². The third-order valence-electron chi connectivity index (χ3n) is 5.52. The first-order valence-corrected chi connectivity index (χ1v) is 12.5. The van der Waals surface area contributed by atoms with Crippen molar-refractivity contribution in [3.63, 3.8) is 0 Å². The van der Waals surface area contributed by atoms with Gasteiger partial charge in [-0.2, -0.15) is 13.9 Å². The van der Waals surface area contributed by atoms with E-state index in [1.807, 2.05) is 18.6 Å². The Morgan fingerprint density at radius 1 is 1.06 bits per heavy atom. The average molecular weight is 520 g/mol. The van der Waals surface area contributed by atoms with Gasteiger partial charge in [0.25, 0.3) is 10.0 Å². The molecule has 36 heavy (non-hydrogen) atoms. The number of nitrogen functional groups attached to an aromatic ring is 1. The fourth-order valence-corrected chi connectivity index (χ4v) is 4.31. The molecule has 0 saturated heterocycles. The zero-order valence-electron chi connectivity index (χ0n) is 19.6. The van der Waals surface area contributed by atoms with Gasteiger partial charge in [-0.3, -0.25) is 9.40 Å². The average Bonchev–Trinajstić information content (AvgIpc) is 3.22. The molecule has 1 atom stereocenters. The number of fused-ring (bicyclic) bond motifs is 1. The predicted molar refractivity (Wildman–Crippen MR) is 132 cm³/mol. The Labute approximate surface area is 206 Å². The number of aromatic nitrogens is 3. The third kappa shape index (κ3) is 4.94. The second kappa shape index (κ2) is 9.69. The highest BCUT2D eigenvalue weighted by atomic mass is 32.2. The maximum Gasteiger partial charge on any atom is 0.355 e. The second-order valence-electron chi connectivity index (χ2n) is 8.41. The zero-order valence-corrected chi connectivity index (χ0v) is 20.4. The van der Waals surface area contributed by atoms with E-state index in [0.717, 1.165) is 5.52 Å². The van der Waals surface area contributed by atoms with Gasteiger partial charge < -0.3 is 10.5 Å². The third-order valence-corrected chi connectivity index (χ3v) is 6.50. The number of sulfonamides is 1. The SMILES string of the molecule is CC(C)n1nc(-c2ccc(NS(=O)(=O)C(F)F)c(O[C@@H](C)c3ccc(F)cc3)c2)c2c(N)nccc21. The van der Waals surface area contributed by atoms with Gasteiger partial charge in [-0.05, 0) is 56.7 Å². The molecule has 4 rings (SSSR count). The summed E-state index contributed by atoms with van der Waals surface area (Å²) in [4.78, 5) is 4.16. The molecular formula is C24H24F3N5O3S. The molecule has 190 valence electrons. The van der Waals surface area contributed by atoms with Crippen LogP contribution < -0.4 is 15.2 Å². The van der Waals surface area contributed by atoms with Crippen molar-refractivity contribution < 1.29 is 26.3 Å². The van der Waals surface area contributed by atoms with E-state index < -0.39 is 27.7 Å². The highest BCUT2D eigenvalue weighted by Crippen LogP contribution is 2.38. The number of halogens is 3. The van der Waals surface area contributed by atoms with Gasteiger partial charge in [-0.15, -0.1) is 0 Å². The van der Waals surface area contributed by atoms with Crippen molar-refractivity contribution in [3.8, 4) is 17.0 Å². The topological polar surface area (TPSA) is 112 Å². The Kier molecular flexibility index (Phi) is 6.81. The lowest BCUT2D eigenvalue weighted by molar-refractivity contribution is 0.228. The molecule has 0 bridgehead atoms. The molecule has 4 aromatic rings. The molecule has 0 saturated carbocycles. The van der Waals surface area contributed by atoms with Crippen molar-refractivity contribution in [2.45, 2.75) is 38.7 Å². The van der Waals surface area contributed by atoms with Gasteiger partial charge in [0.15, 0.2) is 0 Å². The molecular weight excluding hydrogens is 495 g/mol. The molecule has 0 fully saturated rings. The van der Waals surface area contributed by atoms with E-state index in [0.29, 0.717) is 22.2 Å². The van der Waals surface area contributed by atoms with Crippen LogP contribution in [0.3, 0.4) is 0 Å². The molecule has 2 heterocycles. The summed E-state index contributed by atoms with van der Waals surface area (Å²) in [5.74, 6) is -3.85. The lowest BCUT2D eigenvalue weighted by Crippen LogP contribution is -2.21. The summed E-state index contributed by atoms with van der Waals surface area (Å²) >= 11 is 0. The van der Waals surface area contributed by atoms with Gasteiger partial charge in [-0.25, -0.2) is 17.8 Å². The van der Waals surface area contributed by atoms with Crippen molar-refractivity contribution in [1.82, 2.24) is 14.8 Å². The number of benzene rings is 2. The first kappa shape index (κ1) is 25.3. The molecule has 0 aliphatic carbocycles. The lowest BCUT2D eigenvalue weighted by Gasteiger charge is -2.19. The molecule has 0 radical (unpaired) electrons. The molecule has 0 aliphatic rings. The van der Waals surface area contributed by atoms with Gasteiger partial charge in [0.2, 0.25) is 0 Å². The van der Waals surface area contributed by atoms with E-state index in [1.54, 1.807) is 23.9 Å². The monoisotopic (exact) mass is 519 g/mol. The zero-order chi connectivity index (χ0) is 26.2. The van der Waals surface area contributed by atoms with E-state index in [1.165, 1.54) is 42.5 Å². The number of anilines is 2. The Hall–Kier alpha value is -3.80. The molecule has 0 aliphatic heterocycles. The highest BCUT2D eigenvalue weighted by Gasteiger charge is 2.26. The number of alkyl halides is 2. The normalized spacial score (nSPS) is 12.9. The molecule has 0 amide bonds. The summed E-state index contributed by atoms with van der Waals surface area (Å²) in [5, 5.41) is 5.27. The Balaban J connectivity index is 1.84. The first-order valence-electron chi connectivity index (χ1n) is 11.0. The number of hydrogen-bond donors (Lipinski definition) is 2. The van der Waals surface area contributed by atoms with Crippen LogP contribution in [0.5, 0.6) is 5.75 Å². The lowest BCUT2D eigenvalue weighted by atomic mass is 10.1. The maximum atomic E-state index is 13.3. The molecule has 2 aromatic carbocycles. The van der Waals surface area contributed by atoms with Crippen LogP contribution in [0.2, 0.25) is 0 Å². The van der Waals surface area contributed by atoms with Gasteiger partial charge in [-0.1, -0.05) is 18.2 Å². The summed E-state index contributed by atoms with van der Waals surface area (Å²) in [6.07, 6.45) is 0.899. The van der Waals surface area contributed by atoms with E-state index in [2.05, 4.69) is 10.1 Å². The molecule has 0 spiro atoms. The number of nitrogens with zero attached hydrogens (tertiary/aromatic N) is 3. The molecule has 12 heteroatoms. The number of pyridine rings is 1. The minimum absolute atomic E-state index is 0.00519. The van der Waals surface area contributed by atoms with Gasteiger partial charge in [0, 0.05) is 17.8 Å². The fourth-order valence-electron chi connectivity index (χ4n) is 3.75. The van der Waals surface area contributed by atoms with Crippen LogP contribution in [0.1, 0.15) is 38.5 Å². The van der Waals surface area contributed by atoms with E-state index in [4.69, 9.17) is 10.5 Å². The smallest absolute Gasteiger partial charge is 0.355 e. The number of rotatable bonds is 8. The minimum atomic E-state index is -4.97. The molecule has 2 aromatic heterocycles. The summed E-state index contributed by atoms with van der Waals surface area (Å²) in [6.45, 7) is 5.57. The summed E-state index contributed by atoms with van der Waals surface area (Å²) in [5.41, 5.74) is 8.27. The quantitative estimate of drug-likeness (QED) is 0.318. The summed E-state index contributed by atoms with van der Waals surface area (Å²) in [6, 6.07) is 11.6. The number of nitrogens with two attached hydrogens (primary N) is 1. The van der Waals surface area contributed by atoms with Crippen LogP contribution >= 0.6 is 0 Å². The summed E-state index contributed by atoms with van der Waals surface area (Å²) in [7, 11) is -4.97. The van der Waals surface area contributed by atoms with Crippen LogP contribution in [0, 0.1) is 5.82 Å². The fraction of sp³-hybridized carbons (Fsp3) is 0.250. The van der Waals surface area contributed by atoms with Crippen LogP contribution in [0.15, 0.2) is 54.7 Å². The Bertz CT molecular complexity index is 1510. The maximum absolute atomic E-state index is 13.3. The standard InChI is InChI=1S/C24H24F3N5O3S/c1-13(2)32-19-10-11-29-23(28)21(19)22(30-32)16-6-9-18(31-36(33,34)24(26)27)20(12-16)35-14(3)15-4-7-17(25)8-5-15/h4-14,24,31H,1-3H3,(H2,28,29)/t14-/m0/s1. The second-order valence-corrected chi connectivity index (χ2v) is 10.1. The molecule has 8 nitrogen and oxygen atoms in total. The highest BCUT2D eigenvalue weighted by molar-refractivity contribution is 7.93. The molecule has 0 unspecified atom stereocenters. The van der Waals surface area contributed by atoms with Crippen molar-refractivity contribution in [2.24, 2.45) is 0 Å². The van der Waals surface area contributed by atoms with Gasteiger partial charge >= 0.3 is 5.76 Å². The summed E-state index contributed by atoms with van der Waals surface area (Å²) < 4.78 is 72.9. The first-order chi connectivity index (χ1) is 17.0. The largest absolute Gasteiger partial charge is 0.484 e. The Morgan fingerprint density at radius 2 is 1.75 bits per heavy atom. The van der Waals surface area contributed by atoms with E-state index >= 15 is 0 Å².